The summed E-state index contributed by atoms with van der Waals surface area (Å²) in [6, 6.07) is 4.93. The first-order valence-corrected chi connectivity index (χ1v) is 6.58. The van der Waals surface area contributed by atoms with Crippen LogP contribution in [-0.2, 0) is 0 Å². The molecule has 2 N–H and O–H groups in total. The second-order valence-corrected chi connectivity index (χ2v) is 5.22. The molecule has 0 saturated carbocycles. The van der Waals surface area contributed by atoms with Gasteiger partial charge in [0.05, 0.1) is 0 Å². The van der Waals surface area contributed by atoms with Crippen LogP contribution in [0.15, 0.2) is 24.5 Å². The van der Waals surface area contributed by atoms with Crippen molar-refractivity contribution in [3.63, 3.8) is 0 Å². The fourth-order valence-corrected chi connectivity index (χ4v) is 2.66. The van der Waals surface area contributed by atoms with E-state index in [1.807, 2.05) is 18.5 Å². The molecule has 0 aromatic carbocycles. The van der Waals surface area contributed by atoms with Gasteiger partial charge in [0.25, 0.3) is 0 Å². The van der Waals surface area contributed by atoms with Gasteiger partial charge in [-0.05, 0) is 50.8 Å². The van der Waals surface area contributed by atoms with Crippen LogP contribution in [0.3, 0.4) is 0 Å². The Balaban J connectivity index is 0.00000162. The molecule has 110 valence electrons. The van der Waals surface area contributed by atoms with E-state index >= 15 is 0 Å². The van der Waals surface area contributed by atoms with Crippen LogP contribution in [-0.4, -0.2) is 29.0 Å². The maximum absolute atomic E-state index is 6.03. The van der Waals surface area contributed by atoms with E-state index in [4.69, 9.17) is 5.73 Å². The van der Waals surface area contributed by atoms with Crippen LogP contribution in [0.5, 0.6) is 0 Å². The summed E-state index contributed by atoms with van der Waals surface area (Å²) in [5.74, 6) is 0.642. The number of likely N-dealkylation sites (tertiary alicyclic amines) is 1. The maximum Gasteiger partial charge on any atom is 0.0335 e. The molecular weight excluding hydrogens is 281 g/mol. The van der Waals surface area contributed by atoms with E-state index in [1.54, 1.807) is 0 Å². The largest absolute Gasteiger partial charge is 0.328 e. The molecule has 0 bridgehead atoms. The minimum Gasteiger partial charge on any atom is -0.328 e. The Bertz CT molecular complexity index is 346. The van der Waals surface area contributed by atoms with Gasteiger partial charge >= 0.3 is 0 Å². The molecule has 1 aliphatic heterocycles. The monoisotopic (exact) mass is 305 g/mol. The predicted molar refractivity (Wildman–Crippen MR) is 85.1 cm³/mol. The molecule has 2 rings (SSSR count). The number of hydrogen-bond acceptors (Lipinski definition) is 3. The number of aromatic nitrogens is 1. The Kier molecular flexibility index (Phi) is 8.59. The Hall–Kier alpha value is -0.350. The van der Waals surface area contributed by atoms with Gasteiger partial charge in [-0.25, -0.2) is 0 Å². The number of halogens is 2. The number of nitrogens with two attached hydrogens (primary N) is 1. The van der Waals surface area contributed by atoms with Crippen molar-refractivity contribution in [2.75, 3.05) is 13.1 Å². The van der Waals surface area contributed by atoms with Crippen LogP contribution in [0, 0.1) is 5.92 Å². The van der Waals surface area contributed by atoms with Gasteiger partial charge in [-0.2, -0.15) is 0 Å². The van der Waals surface area contributed by atoms with Crippen molar-refractivity contribution >= 4 is 24.8 Å². The minimum absolute atomic E-state index is 0. The molecule has 3 nitrogen and oxygen atoms in total. The van der Waals surface area contributed by atoms with Gasteiger partial charge in [-0.1, -0.05) is 6.07 Å². The summed E-state index contributed by atoms with van der Waals surface area (Å²) in [5, 5.41) is 0. The molecule has 0 aliphatic carbocycles. The van der Waals surface area contributed by atoms with Crippen LogP contribution in [0.1, 0.15) is 38.3 Å². The average Bonchev–Trinajstić information content (AvgIpc) is 2.39. The molecule has 1 fully saturated rings. The lowest BCUT2D eigenvalue weighted by Gasteiger charge is -2.38. The zero-order valence-electron chi connectivity index (χ0n) is 11.7. The van der Waals surface area contributed by atoms with Crippen LogP contribution < -0.4 is 5.73 Å². The van der Waals surface area contributed by atoms with Gasteiger partial charge in [-0.3, -0.25) is 9.88 Å². The van der Waals surface area contributed by atoms with E-state index < -0.39 is 0 Å². The molecular formula is C14H25Cl2N3. The third kappa shape index (κ3) is 4.92. The van der Waals surface area contributed by atoms with E-state index in [0.717, 1.165) is 6.54 Å². The molecule has 19 heavy (non-hydrogen) atoms. The Morgan fingerprint density at radius 2 is 2.11 bits per heavy atom. The van der Waals surface area contributed by atoms with Gasteiger partial charge in [0.1, 0.15) is 0 Å². The number of piperidine rings is 1. The third-order valence-corrected chi connectivity index (χ3v) is 3.95. The van der Waals surface area contributed by atoms with Gasteiger partial charge < -0.3 is 5.73 Å². The highest BCUT2D eigenvalue weighted by atomic mass is 35.5. The lowest BCUT2D eigenvalue weighted by molar-refractivity contribution is 0.121. The van der Waals surface area contributed by atoms with Crippen LogP contribution in [0.25, 0.3) is 0 Å². The summed E-state index contributed by atoms with van der Waals surface area (Å²) >= 11 is 0. The summed E-state index contributed by atoms with van der Waals surface area (Å²) < 4.78 is 0. The van der Waals surface area contributed by atoms with E-state index in [2.05, 4.69) is 29.8 Å². The second kappa shape index (κ2) is 8.75. The highest BCUT2D eigenvalue weighted by Gasteiger charge is 2.26. The summed E-state index contributed by atoms with van der Waals surface area (Å²) in [4.78, 5) is 6.74. The molecule has 1 aliphatic rings. The highest BCUT2D eigenvalue weighted by Crippen LogP contribution is 2.27. The lowest BCUT2D eigenvalue weighted by atomic mass is 9.91. The molecule has 1 saturated heterocycles. The summed E-state index contributed by atoms with van der Waals surface area (Å²) in [6.07, 6.45) is 6.34. The zero-order chi connectivity index (χ0) is 12.3. The van der Waals surface area contributed by atoms with Gasteiger partial charge in [-0.15, -0.1) is 24.8 Å². The smallest absolute Gasteiger partial charge is 0.0335 e. The fourth-order valence-electron chi connectivity index (χ4n) is 2.66. The molecule has 0 radical (unpaired) electrons. The zero-order valence-corrected chi connectivity index (χ0v) is 13.3. The van der Waals surface area contributed by atoms with Gasteiger partial charge in [0.15, 0.2) is 0 Å². The highest BCUT2D eigenvalue weighted by molar-refractivity contribution is 5.85. The average molecular weight is 306 g/mol. The molecule has 3 atom stereocenters. The first-order chi connectivity index (χ1) is 8.18. The Morgan fingerprint density at radius 1 is 1.37 bits per heavy atom. The first-order valence-electron chi connectivity index (χ1n) is 6.58. The van der Waals surface area contributed by atoms with Gasteiger partial charge in [0.2, 0.25) is 0 Å². The van der Waals surface area contributed by atoms with Crippen molar-refractivity contribution < 1.29 is 0 Å². The SMILES string of the molecule is CC(N)C1CCCN(C(C)c2cccnc2)C1.Cl.Cl. The molecule has 1 aromatic rings. The van der Waals surface area contributed by atoms with Gasteiger partial charge in [0, 0.05) is 31.0 Å². The molecule has 0 amide bonds. The fraction of sp³-hybridized carbons (Fsp3) is 0.643. The Morgan fingerprint density at radius 3 is 2.68 bits per heavy atom. The van der Waals surface area contributed by atoms with Crippen LogP contribution in [0.2, 0.25) is 0 Å². The molecule has 3 unspecified atom stereocenters. The van der Waals surface area contributed by atoms with E-state index in [1.165, 1.54) is 24.9 Å². The normalized spacial score (nSPS) is 22.8. The second-order valence-electron chi connectivity index (χ2n) is 5.22. The van der Waals surface area contributed by atoms with Crippen LogP contribution in [0.4, 0.5) is 0 Å². The van der Waals surface area contributed by atoms with Crippen molar-refractivity contribution in [1.29, 1.82) is 0 Å². The predicted octanol–water partition coefficient (Wildman–Crippen LogP) is 3.05. The van der Waals surface area contributed by atoms with Crippen molar-refractivity contribution in [2.24, 2.45) is 11.7 Å². The van der Waals surface area contributed by atoms with Crippen LogP contribution >= 0.6 is 24.8 Å². The van der Waals surface area contributed by atoms with E-state index in [0.29, 0.717) is 18.0 Å². The van der Waals surface area contributed by atoms with Crippen molar-refractivity contribution in [1.82, 2.24) is 9.88 Å². The standard InChI is InChI=1S/C14H23N3.2ClH/c1-11(15)14-6-4-8-17(10-14)12(2)13-5-3-7-16-9-13;;/h3,5,7,9,11-12,14H,4,6,8,10,15H2,1-2H3;2*1H. The molecule has 2 heterocycles. The first kappa shape index (κ1) is 18.7. The van der Waals surface area contributed by atoms with Crippen molar-refractivity contribution in [3.05, 3.63) is 30.1 Å². The summed E-state index contributed by atoms with van der Waals surface area (Å²) in [7, 11) is 0. The number of hydrogen-bond donors (Lipinski definition) is 1. The minimum atomic E-state index is 0. The van der Waals surface area contributed by atoms with Crippen molar-refractivity contribution in [3.8, 4) is 0 Å². The summed E-state index contributed by atoms with van der Waals surface area (Å²) in [5.41, 5.74) is 7.33. The van der Waals surface area contributed by atoms with E-state index in [9.17, 15) is 0 Å². The molecule has 5 heteroatoms. The quantitative estimate of drug-likeness (QED) is 0.933. The third-order valence-electron chi connectivity index (χ3n) is 3.95. The number of rotatable bonds is 3. The van der Waals surface area contributed by atoms with E-state index in [-0.39, 0.29) is 24.8 Å². The lowest BCUT2D eigenvalue weighted by Crippen LogP contribution is -2.43. The number of pyridine rings is 1. The topological polar surface area (TPSA) is 42.1 Å². The molecule has 1 aromatic heterocycles. The van der Waals surface area contributed by atoms with Crippen molar-refractivity contribution in [2.45, 2.75) is 38.8 Å². The Labute approximate surface area is 128 Å². The number of nitrogens with zero attached hydrogens (tertiary/aromatic N) is 2. The molecule has 0 spiro atoms. The maximum atomic E-state index is 6.03. The summed E-state index contributed by atoms with van der Waals surface area (Å²) in [6.45, 7) is 6.69.